The molecule has 4 heteroatoms. The standard InChI is InChI=1S/C16H14BrClO2/c1-9-6-11(18)3-4-12(9)16-8-14(19)13-7-10(17)2-5-15(13)20-16/h2-7,14,16,19H,8H2,1H3/t14-,16?/m0/s1. The third-order valence-corrected chi connectivity index (χ3v) is 4.34. The Bertz CT molecular complexity index is 657. The zero-order chi connectivity index (χ0) is 14.3. The van der Waals surface area contributed by atoms with Crippen molar-refractivity contribution in [2.75, 3.05) is 0 Å². The van der Waals surface area contributed by atoms with E-state index in [1.54, 1.807) is 0 Å². The number of aliphatic hydroxyl groups excluding tert-OH is 1. The van der Waals surface area contributed by atoms with Crippen molar-refractivity contribution < 1.29 is 9.84 Å². The molecule has 1 N–H and O–H groups in total. The average Bonchev–Trinajstić information content (AvgIpc) is 2.39. The molecule has 0 spiro atoms. The summed E-state index contributed by atoms with van der Waals surface area (Å²) in [4.78, 5) is 0. The summed E-state index contributed by atoms with van der Waals surface area (Å²) in [6.07, 6.45) is -0.112. The van der Waals surface area contributed by atoms with Gasteiger partial charge in [0.15, 0.2) is 0 Å². The molecule has 0 aliphatic carbocycles. The van der Waals surface area contributed by atoms with Gasteiger partial charge >= 0.3 is 0 Å². The van der Waals surface area contributed by atoms with Crippen molar-refractivity contribution in [1.29, 1.82) is 0 Å². The molecule has 1 unspecified atom stereocenters. The van der Waals surface area contributed by atoms with Gasteiger partial charge in [-0.05, 0) is 48.4 Å². The molecule has 3 rings (SSSR count). The van der Waals surface area contributed by atoms with Gasteiger partial charge in [0.05, 0.1) is 6.10 Å². The molecular weight excluding hydrogens is 340 g/mol. The minimum atomic E-state index is -0.517. The number of hydrogen-bond donors (Lipinski definition) is 1. The fourth-order valence-corrected chi connectivity index (χ4v) is 3.21. The molecule has 2 aromatic carbocycles. The molecular formula is C16H14BrClO2. The summed E-state index contributed by atoms with van der Waals surface area (Å²) in [5.41, 5.74) is 2.99. The van der Waals surface area contributed by atoms with Crippen LogP contribution in [0.1, 0.15) is 35.3 Å². The first kappa shape index (κ1) is 13.9. The van der Waals surface area contributed by atoms with Crippen LogP contribution in [0.4, 0.5) is 0 Å². The second-order valence-electron chi connectivity index (χ2n) is 5.04. The quantitative estimate of drug-likeness (QED) is 0.784. The molecule has 0 radical (unpaired) electrons. The van der Waals surface area contributed by atoms with Gasteiger partial charge in [0.1, 0.15) is 11.9 Å². The fraction of sp³-hybridized carbons (Fsp3) is 0.250. The van der Waals surface area contributed by atoms with E-state index in [0.717, 1.165) is 26.9 Å². The summed E-state index contributed by atoms with van der Waals surface area (Å²) in [5.74, 6) is 0.742. The van der Waals surface area contributed by atoms with Crippen molar-refractivity contribution in [3.63, 3.8) is 0 Å². The Kier molecular flexibility index (Phi) is 3.76. The summed E-state index contributed by atoms with van der Waals surface area (Å²) in [7, 11) is 0. The third-order valence-electron chi connectivity index (χ3n) is 3.62. The van der Waals surface area contributed by atoms with Gasteiger partial charge in [-0.25, -0.2) is 0 Å². The van der Waals surface area contributed by atoms with Crippen LogP contribution in [0.2, 0.25) is 5.02 Å². The molecule has 2 atom stereocenters. The largest absolute Gasteiger partial charge is 0.485 e. The number of halogens is 2. The number of benzene rings is 2. The average molecular weight is 354 g/mol. The highest BCUT2D eigenvalue weighted by molar-refractivity contribution is 9.10. The maximum atomic E-state index is 10.3. The maximum Gasteiger partial charge on any atom is 0.127 e. The van der Waals surface area contributed by atoms with Gasteiger partial charge in [0.25, 0.3) is 0 Å². The third kappa shape index (κ3) is 2.58. The Labute approximate surface area is 131 Å². The maximum absolute atomic E-state index is 10.3. The second kappa shape index (κ2) is 5.40. The number of ether oxygens (including phenoxy) is 1. The van der Waals surface area contributed by atoms with Gasteiger partial charge in [0.2, 0.25) is 0 Å². The lowest BCUT2D eigenvalue weighted by molar-refractivity contribution is 0.0654. The van der Waals surface area contributed by atoms with Crippen molar-refractivity contribution in [3.8, 4) is 5.75 Å². The minimum Gasteiger partial charge on any atom is -0.485 e. The highest BCUT2D eigenvalue weighted by Gasteiger charge is 2.28. The normalized spacial score (nSPS) is 21.2. The first-order valence-corrected chi connectivity index (χ1v) is 7.62. The van der Waals surface area contributed by atoms with Gasteiger partial charge in [-0.1, -0.05) is 33.6 Å². The molecule has 1 aliphatic heterocycles. The van der Waals surface area contributed by atoms with Crippen molar-refractivity contribution in [3.05, 3.63) is 62.6 Å². The highest BCUT2D eigenvalue weighted by Crippen LogP contribution is 2.42. The Morgan fingerprint density at radius 3 is 2.75 bits per heavy atom. The van der Waals surface area contributed by atoms with Crippen LogP contribution in [0.3, 0.4) is 0 Å². The molecule has 0 amide bonds. The van der Waals surface area contributed by atoms with Gasteiger partial charge in [-0.2, -0.15) is 0 Å². The zero-order valence-corrected chi connectivity index (χ0v) is 13.3. The van der Waals surface area contributed by atoms with Crippen molar-refractivity contribution in [2.24, 2.45) is 0 Å². The van der Waals surface area contributed by atoms with Crippen LogP contribution in [-0.2, 0) is 0 Å². The summed E-state index contributed by atoms with van der Waals surface area (Å²) < 4.78 is 6.98. The predicted octanol–water partition coefficient (Wildman–Crippen LogP) is 4.97. The van der Waals surface area contributed by atoms with Crippen molar-refractivity contribution in [1.82, 2.24) is 0 Å². The number of hydrogen-bond acceptors (Lipinski definition) is 2. The Balaban J connectivity index is 1.97. The molecule has 20 heavy (non-hydrogen) atoms. The van der Waals surface area contributed by atoms with Crippen molar-refractivity contribution >= 4 is 27.5 Å². The number of rotatable bonds is 1. The van der Waals surface area contributed by atoms with E-state index in [1.165, 1.54) is 0 Å². The molecule has 0 aromatic heterocycles. The first-order chi connectivity index (χ1) is 9.54. The van der Waals surface area contributed by atoms with E-state index < -0.39 is 6.10 Å². The lowest BCUT2D eigenvalue weighted by Gasteiger charge is -2.31. The van der Waals surface area contributed by atoms with Crippen LogP contribution < -0.4 is 4.74 Å². The topological polar surface area (TPSA) is 29.5 Å². The van der Waals surface area contributed by atoms with Gasteiger partial charge in [-0.3, -0.25) is 0 Å². The number of fused-ring (bicyclic) bond motifs is 1. The molecule has 0 bridgehead atoms. The summed E-state index contributed by atoms with van der Waals surface area (Å²) >= 11 is 9.40. The second-order valence-corrected chi connectivity index (χ2v) is 6.39. The number of aliphatic hydroxyl groups is 1. The molecule has 0 saturated heterocycles. The monoisotopic (exact) mass is 352 g/mol. The van der Waals surface area contributed by atoms with E-state index in [-0.39, 0.29) is 6.10 Å². The highest BCUT2D eigenvalue weighted by atomic mass is 79.9. The van der Waals surface area contributed by atoms with E-state index in [2.05, 4.69) is 15.9 Å². The van der Waals surface area contributed by atoms with Crippen LogP contribution in [0.25, 0.3) is 0 Å². The lowest BCUT2D eigenvalue weighted by Crippen LogP contribution is -2.19. The van der Waals surface area contributed by atoms with E-state index in [1.807, 2.05) is 43.3 Å². The summed E-state index contributed by atoms with van der Waals surface area (Å²) in [6, 6.07) is 11.5. The van der Waals surface area contributed by atoms with Crippen LogP contribution in [-0.4, -0.2) is 5.11 Å². The van der Waals surface area contributed by atoms with Crippen LogP contribution >= 0.6 is 27.5 Å². The van der Waals surface area contributed by atoms with Gasteiger partial charge in [0, 0.05) is 21.5 Å². The Hall–Kier alpha value is -1.03. The van der Waals surface area contributed by atoms with E-state index in [9.17, 15) is 5.11 Å². The molecule has 0 fully saturated rings. The molecule has 0 saturated carbocycles. The molecule has 2 aromatic rings. The van der Waals surface area contributed by atoms with Crippen LogP contribution in [0.15, 0.2) is 40.9 Å². The van der Waals surface area contributed by atoms with E-state index in [0.29, 0.717) is 11.4 Å². The summed E-state index contributed by atoms with van der Waals surface area (Å²) in [5, 5.41) is 11.1. The minimum absolute atomic E-state index is 0.143. The SMILES string of the molecule is Cc1cc(Cl)ccc1C1C[C@H](O)c2cc(Br)ccc2O1. The van der Waals surface area contributed by atoms with Gasteiger partial charge in [-0.15, -0.1) is 0 Å². The summed E-state index contributed by atoms with van der Waals surface area (Å²) in [6.45, 7) is 2.01. The molecule has 104 valence electrons. The predicted molar refractivity (Wildman–Crippen MR) is 83.3 cm³/mol. The molecule has 2 nitrogen and oxygen atoms in total. The molecule has 1 aliphatic rings. The van der Waals surface area contributed by atoms with Crippen molar-refractivity contribution in [2.45, 2.75) is 25.6 Å². The Morgan fingerprint density at radius 2 is 2.00 bits per heavy atom. The van der Waals surface area contributed by atoms with Crippen LogP contribution in [0, 0.1) is 6.92 Å². The smallest absolute Gasteiger partial charge is 0.127 e. The fourth-order valence-electron chi connectivity index (χ4n) is 2.61. The zero-order valence-electron chi connectivity index (χ0n) is 10.9. The van der Waals surface area contributed by atoms with Crippen LogP contribution in [0.5, 0.6) is 5.75 Å². The van der Waals surface area contributed by atoms with E-state index in [4.69, 9.17) is 16.3 Å². The molecule has 1 heterocycles. The Morgan fingerprint density at radius 1 is 1.20 bits per heavy atom. The number of aryl methyl sites for hydroxylation is 1. The van der Waals surface area contributed by atoms with Gasteiger partial charge < -0.3 is 9.84 Å². The van der Waals surface area contributed by atoms with E-state index >= 15 is 0 Å². The lowest BCUT2D eigenvalue weighted by atomic mass is 9.93. The first-order valence-electron chi connectivity index (χ1n) is 6.45.